The van der Waals surface area contributed by atoms with Crippen molar-refractivity contribution in [1.82, 2.24) is 9.55 Å². The Labute approximate surface area is 79.0 Å². The largest absolute Gasteiger partial charge is 0.468 e. The molecule has 6 heteroatoms. The number of nitrogens with zero attached hydrogens (tertiary/aromatic N) is 2. The van der Waals surface area contributed by atoms with E-state index in [0.717, 1.165) is 0 Å². The Bertz CT molecular complexity index is 298. The third-order valence-corrected chi connectivity index (χ3v) is 2.03. The van der Waals surface area contributed by atoms with E-state index in [1.54, 1.807) is 0 Å². The van der Waals surface area contributed by atoms with E-state index in [0.29, 0.717) is 0 Å². The van der Waals surface area contributed by atoms with Crippen LogP contribution in [-0.2, 0) is 16.1 Å². The first-order chi connectivity index (χ1) is 5.65. The molecule has 0 aliphatic heterocycles. The fourth-order valence-electron chi connectivity index (χ4n) is 0.657. The maximum absolute atomic E-state index is 10.8. The van der Waals surface area contributed by atoms with Crippen LogP contribution in [0.5, 0.6) is 0 Å². The minimum atomic E-state index is -0.397. The lowest BCUT2D eigenvalue weighted by atomic mass is 10.6. The summed E-state index contributed by atoms with van der Waals surface area (Å²) in [5, 5.41) is 0.419. The fourth-order valence-corrected chi connectivity index (χ4v) is 0.961. The molecule has 0 unspecified atom stereocenters. The Hall–Kier alpha value is -0.740. The average Bonchev–Trinajstić information content (AvgIpc) is 2.36. The van der Waals surface area contributed by atoms with E-state index in [4.69, 9.17) is 23.2 Å². The third-order valence-electron chi connectivity index (χ3n) is 1.26. The Kier molecular flexibility index (Phi) is 2.94. The number of carbonyl (C=O) groups excluding carboxylic acids is 1. The van der Waals surface area contributed by atoms with Gasteiger partial charge in [0.25, 0.3) is 0 Å². The first-order valence-corrected chi connectivity index (χ1v) is 3.83. The van der Waals surface area contributed by atoms with Gasteiger partial charge >= 0.3 is 5.97 Å². The highest BCUT2D eigenvalue weighted by Crippen LogP contribution is 2.19. The molecular weight excluding hydrogens is 203 g/mol. The summed E-state index contributed by atoms with van der Waals surface area (Å²) in [7, 11) is 1.30. The zero-order chi connectivity index (χ0) is 9.14. The molecule has 1 heterocycles. The van der Waals surface area contributed by atoms with Crippen LogP contribution in [-0.4, -0.2) is 22.6 Å². The number of halogens is 2. The second kappa shape index (κ2) is 3.78. The van der Waals surface area contributed by atoms with E-state index in [-0.39, 0.29) is 16.9 Å². The predicted molar refractivity (Wildman–Crippen MR) is 44.3 cm³/mol. The molecule has 1 aromatic rings. The summed E-state index contributed by atoms with van der Waals surface area (Å²) >= 11 is 11.2. The van der Waals surface area contributed by atoms with Gasteiger partial charge in [-0.1, -0.05) is 23.2 Å². The lowest BCUT2D eigenvalue weighted by Gasteiger charge is -2.00. The van der Waals surface area contributed by atoms with Gasteiger partial charge < -0.3 is 9.30 Å². The lowest BCUT2D eigenvalue weighted by Crippen LogP contribution is -2.10. The van der Waals surface area contributed by atoms with E-state index in [1.165, 1.54) is 18.0 Å². The monoisotopic (exact) mass is 208 g/mol. The van der Waals surface area contributed by atoms with Crippen molar-refractivity contribution in [2.75, 3.05) is 7.11 Å². The summed E-state index contributed by atoms with van der Waals surface area (Å²) in [6, 6.07) is 0. The molecule has 0 saturated heterocycles. The van der Waals surface area contributed by atoms with Crippen LogP contribution in [0.3, 0.4) is 0 Å². The van der Waals surface area contributed by atoms with E-state index >= 15 is 0 Å². The fraction of sp³-hybridized carbons (Fsp3) is 0.333. The number of ether oxygens (including phenoxy) is 1. The molecule has 12 heavy (non-hydrogen) atoms. The number of imidazole rings is 1. The number of hydrogen-bond acceptors (Lipinski definition) is 3. The molecular formula is C6H6Cl2N2O2. The number of carbonyl (C=O) groups is 1. The number of hydrogen-bond donors (Lipinski definition) is 0. The Morgan fingerprint density at radius 1 is 1.75 bits per heavy atom. The Morgan fingerprint density at radius 3 is 2.83 bits per heavy atom. The number of esters is 1. The predicted octanol–water partition coefficient (Wildman–Crippen LogP) is 1.36. The quantitative estimate of drug-likeness (QED) is 0.690. The SMILES string of the molecule is COC(=O)Cn1cnc(Cl)c1Cl. The van der Waals surface area contributed by atoms with Gasteiger partial charge in [0.15, 0.2) is 5.15 Å². The minimum Gasteiger partial charge on any atom is -0.468 e. The summed E-state index contributed by atoms with van der Waals surface area (Å²) in [4.78, 5) is 14.5. The normalized spacial score (nSPS) is 9.92. The maximum atomic E-state index is 10.8. The second-order valence-electron chi connectivity index (χ2n) is 2.03. The molecule has 1 rings (SSSR count). The Balaban J connectivity index is 2.76. The van der Waals surface area contributed by atoms with E-state index in [9.17, 15) is 4.79 Å². The summed E-state index contributed by atoms with van der Waals surface area (Å²) in [6.45, 7) is 0.0229. The molecule has 0 aliphatic rings. The van der Waals surface area contributed by atoms with Crippen LogP contribution in [0.25, 0.3) is 0 Å². The summed E-state index contributed by atoms with van der Waals surface area (Å²) in [5.74, 6) is -0.397. The van der Waals surface area contributed by atoms with Crippen molar-refractivity contribution in [3.63, 3.8) is 0 Å². The molecule has 0 spiro atoms. The van der Waals surface area contributed by atoms with Crippen molar-refractivity contribution in [2.24, 2.45) is 0 Å². The average molecular weight is 209 g/mol. The third kappa shape index (κ3) is 1.89. The van der Waals surface area contributed by atoms with Crippen LogP contribution in [0.4, 0.5) is 0 Å². The highest BCUT2D eigenvalue weighted by molar-refractivity contribution is 6.40. The molecule has 0 amide bonds. The van der Waals surface area contributed by atoms with E-state index in [2.05, 4.69) is 9.72 Å². The number of rotatable bonds is 2. The van der Waals surface area contributed by atoms with E-state index in [1.807, 2.05) is 0 Å². The highest BCUT2D eigenvalue weighted by atomic mass is 35.5. The molecule has 0 aliphatic carbocycles. The highest BCUT2D eigenvalue weighted by Gasteiger charge is 2.09. The summed E-state index contributed by atoms with van der Waals surface area (Å²) in [5.41, 5.74) is 0. The number of aromatic nitrogens is 2. The second-order valence-corrected chi connectivity index (χ2v) is 2.75. The smallest absolute Gasteiger partial charge is 0.325 e. The van der Waals surface area contributed by atoms with Gasteiger partial charge in [0.1, 0.15) is 11.7 Å². The van der Waals surface area contributed by atoms with E-state index < -0.39 is 5.97 Å². The van der Waals surface area contributed by atoms with Crippen molar-refractivity contribution in [3.8, 4) is 0 Å². The van der Waals surface area contributed by atoms with Crippen LogP contribution in [0, 0.1) is 0 Å². The van der Waals surface area contributed by atoms with Gasteiger partial charge in [-0.15, -0.1) is 0 Å². The lowest BCUT2D eigenvalue weighted by molar-refractivity contribution is -0.141. The van der Waals surface area contributed by atoms with Crippen molar-refractivity contribution in [2.45, 2.75) is 6.54 Å². The van der Waals surface area contributed by atoms with Crippen LogP contribution in [0.15, 0.2) is 6.33 Å². The molecule has 0 aromatic carbocycles. The first-order valence-electron chi connectivity index (χ1n) is 3.08. The maximum Gasteiger partial charge on any atom is 0.325 e. The Morgan fingerprint density at radius 2 is 2.42 bits per heavy atom. The molecule has 0 saturated carbocycles. The van der Waals surface area contributed by atoms with Crippen molar-refractivity contribution in [1.29, 1.82) is 0 Å². The molecule has 1 aromatic heterocycles. The zero-order valence-electron chi connectivity index (χ0n) is 6.25. The van der Waals surface area contributed by atoms with Crippen LogP contribution >= 0.6 is 23.2 Å². The summed E-state index contributed by atoms with van der Waals surface area (Å²) < 4.78 is 5.83. The van der Waals surface area contributed by atoms with Crippen LogP contribution < -0.4 is 0 Å². The van der Waals surface area contributed by atoms with Gasteiger partial charge in [-0.05, 0) is 0 Å². The van der Waals surface area contributed by atoms with Gasteiger partial charge in [0.2, 0.25) is 0 Å². The zero-order valence-corrected chi connectivity index (χ0v) is 7.76. The molecule has 0 fully saturated rings. The number of methoxy groups -OCH3 is 1. The van der Waals surface area contributed by atoms with Gasteiger partial charge in [-0.25, -0.2) is 4.98 Å². The minimum absolute atomic E-state index is 0.0229. The molecule has 66 valence electrons. The first kappa shape index (κ1) is 9.35. The topological polar surface area (TPSA) is 44.1 Å². The molecule has 0 atom stereocenters. The summed E-state index contributed by atoms with van der Waals surface area (Å²) in [6.07, 6.45) is 1.38. The molecule has 0 N–H and O–H groups in total. The van der Waals surface area contributed by atoms with Crippen molar-refractivity contribution >= 4 is 29.2 Å². The molecule has 0 radical (unpaired) electrons. The molecule has 4 nitrogen and oxygen atoms in total. The van der Waals surface area contributed by atoms with Crippen LogP contribution in [0.2, 0.25) is 10.3 Å². The standard InChI is InChI=1S/C6H6Cl2N2O2/c1-12-4(11)2-10-3-9-5(7)6(10)8/h3H,2H2,1H3. The van der Waals surface area contributed by atoms with Gasteiger partial charge in [0.05, 0.1) is 13.4 Å². The van der Waals surface area contributed by atoms with Gasteiger partial charge in [-0.3, -0.25) is 4.79 Å². The van der Waals surface area contributed by atoms with Gasteiger partial charge in [0, 0.05) is 0 Å². The van der Waals surface area contributed by atoms with Gasteiger partial charge in [-0.2, -0.15) is 0 Å². The van der Waals surface area contributed by atoms with Crippen molar-refractivity contribution < 1.29 is 9.53 Å². The van der Waals surface area contributed by atoms with Crippen LogP contribution in [0.1, 0.15) is 0 Å². The molecule has 0 bridgehead atoms. The van der Waals surface area contributed by atoms with Crippen molar-refractivity contribution in [3.05, 3.63) is 16.6 Å².